The number of hydrogen-bond acceptors (Lipinski definition) is 3. The van der Waals surface area contributed by atoms with Crippen LogP contribution in [0.4, 0.5) is 4.39 Å². The Morgan fingerprint density at radius 3 is 2.34 bits per heavy atom. The van der Waals surface area contributed by atoms with Crippen molar-refractivity contribution in [1.29, 1.82) is 0 Å². The maximum absolute atomic E-state index is 13.8. The molecule has 1 aliphatic carbocycles. The van der Waals surface area contributed by atoms with E-state index in [0.29, 0.717) is 19.6 Å². The van der Waals surface area contributed by atoms with Gasteiger partial charge in [-0.2, -0.15) is 0 Å². The molecule has 2 heterocycles. The number of carbonyl (C=O) groups is 2. The summed E-state index contributed by atoms with van der Waals surface area (Å²) < 4.78 is 20.2. The first-order valence-electron chi connectivity index (χ1n) is 11.6. The van der Waals surface area contributed by atoms with E-state index in [1.165, 1.54) is 12.1 Å². The molecular formula is C26H29FN2O3. The van der Waals surface area contributed by atoms with Crippen molar-refractivity contribution in [1.82, 2.24) is 10.2 Å². The minimum Gasteiger partial charge on any atom is -0.370 e. The molecule has 2 aliphatic heterocycles. The van der Waals surface area contributed by atoms with Gasteiger partial charge < -0.3 is 15.0 Å². The summed E-state index contributed by atoms with van der Waals surface area (Å²) in [6.45, 7) is 1.79. The Bertz CT molecular complexity index is 997. The molecule has 1 saturated carbocycles. The molecule has 2 saturated heterocycles. The number of rotatable bonds is 5. The third-order valence-corrected chi connectivity index (χ3v) is 7.40. The van der Waals surface area contributed by atoms with Gasteiger partial charge in [0.2, 0.25) is 5.91 Å². The highest BCUT2D eigenvalue weighted by molar-refractivity contribution is 5.94. The Balaban J connectivity index is 1.13. The zero-order chi connectivity index (χ0) is 22.2. The van der Waals surface area contributed by atoms with Gasteiger partial charge in [0, 0.05) is 19.6 Å². The second-order valence-corrected chi connectivity index (χ2v) is 9.39. The zero-order valence-corrected chi connectivity index (χ0v) is 18.2. The summed E-state index contributed by atoms with van der Waals surface area (Å²) in [4.78, 5) is 27.6. The van der Waals surface area contributed by atoms with Crippen LogP contribution < -0.4 is 5.32 Å². The van der Waals surface area contributed by atoms with Crippen molar-refractivity contribution in [3.05, 3.63) is 71.5 Å². The molecule has 2 amide bonds. The zero-order valence-electron chi connectivity index (χ0n) is 18.2. The number of amides is 2. The van der Waals surface area contributed by atoms with E-state index in [-0.39, 0.29) is 28.6 Å². The largest absolute Gasteiger partial charge is 0.370 e. The second-order valence-electron chi connectivity index (χ2n) is 9.39. The van der Waals surface area contributed by atoms with E-state index < -0.39 is 11.7 Å². The van der Waals surface area contributed by atoms with E-state index in [4.69, 9.17) is 4.74 Å². The molecular weight excluding hydrogens is 407 g/mol. The SMILES string of the molecule is O=C(NC[C@H]1CCC2(CCN(C(=O)C3(c4ccccc4)CC3)CC2)O1)c1ccccc1F. The lowest BCUT2D eigenvalue weighted by Crippen LogP contribution is -2.50. The first kappa shape index (κ1) is 21.1. The van der Waals surface area contributed by atoms with Gasteiger partial charge in [0.05, 0.1) is 22.7 Å². The predicted octanol–water partition coefficient (Wildman–Crippen LogP) is 3.83. The Morgan fingerprint density at radius 1 is 0.969 bits per heavy atom. The van der Waals surface area contributed by atoms with Crippen LogP contribution in [0.3, 0.4) is 0 Å². The number of carbonyl (C=O) groups excluding carboxylic acids is 2. The fourth-order valence-electron chi connectivity index (χ4n) is 5.28. The standard InChI is InChI=1S/C26H29FN2O3/c27-22-9-5-4-8-21(22)23(30)28-18-20-10-11-25(32-20)14-16-29(17-15-25)24(31)26(12-13-26)19-6-2-1-3-7-19/h1-9,20H,10-18H2,(H,28,30)/t20-/m1/s1. The minimum absolute atomic E-state index is 0.0550. The van der Waals surface area contributed by atoms with E-state index >= 15 is 0 Å². The van der Waals surface area contributed by atoms with Gasteiger partial charge in [-0.05, 0) is 56.2 Å². The summed E-state index contributed by atoms with van der Waals surface area (Å²) in [7, 11) is 0. The normalized spacial score (nSPS) is 23.2. The fraction of sp³-hybridized carbons (Fsp3) is 0.462. The van der Waals surface area contributed by atoms with Gasteiger partial charge >= 0.3 is 0 Å². The number of ether oxygens (including phenoxy) is 1. The lowest BCUT2D eigenvalue weighted by Gasteiger charge is -2.40. The van der Waals surface area contributed by atoms with E-state index in [2.05, 4.69) is 17.4 Å². The number of halogens is 1. The smallest absolute Gasteiger partial charge is 0.254 e. The molecule has 168 valence electrons. The third-order valence-electron chi connectivity index (χ3n) is 7.40. The van der Waals surface area contributed by atoms with E-state index in [9.17, 15) is 14.0 Å². The minimum atomic E-state index is -0.519. The van der Waals surface area contributed by atoms with Gasteiger partial charge in [-0.1, -0.05) is 42.5 Å². The van der Waals surface area contributed by atoms with Gasteiger partial charge in [0.15, 0.2) is 0 Å². The van der Waals surface area contributed by atoms with Crippen LogP contribution in [0.25, 0.3) is 0 Å². The van der Waals surface area contributed by atoms with Crippen molar-refractivity contribution >= 4 is 11.8 Å². The molecule has 6 heteroatoms. The molecule has 5 rings (SSSR count). The van der Waals surface area contributed by atoms with Crippen LogP contribution in [-0.2, 0) is 14.9 Å². The Labute approximate surface area is 187 Å². The molecule has 32 heavy (non-hydrogen) atoms. The van der Waals surface area contributed by atoms with Crippen LogP contribution in [0.15, 0.2) is 54.6 Å². The Kier molecular flexibility index (Phi) is 5.49. The van der Waals surface area contributed by atoms with Crippen LogP contribution in [0.5, 0.6) is 0 Å². The summed E-state index contributed by atoms with van der Waals surface area (Å²) in [5.74, 6) is -0.677. The highest BCUT2D eigenvalue weighted by Gasteiger charge is 2.54. The van der Waals surface area contributed by atoms with Gasteiger partial charge in [-0.3, -0.25) is 9.59 Å². The summed E-state index contributed by atoms with van der Waals surface area (Å²) >= 11 is 0. The van der Waals surface area contributed by atoms with Gasteiger partial charge in [-0.15, -0.1) is 0 Å². The quantitative estimate of drug-likeness (QED) is 0.775. The number of hydrogen-bond donors (Lipinski definition) is 1. The molecule has 3 aliphatic rings. The van der Waals surface area contributed by atoms with Crippen LogP contribution in [-0.4, -0.2) is 48.1 Å². The number of nitrogens with zero attached hydrogens (tertiary/aromatic N) is 1. The van der Waals surface area contributed by atoms with Gasteiger partial charge in [-0.25, -0.2) is 4.39 Å². The topological polar surface area (TPSA) is 58.6 Å². The average molecular weight is 437 g/mol. The number of benzene rings is 2. The van der Waals surface area contributed by atoms with Crippen LogP contribution in [0, 0.1) is 5.82 Å². The van der Waals surface area contributed by atoms with Crippen molar-refractivity contribution in [3.8, 4) is 0 Å². The highest BCUT2D eigenvalue weighted by atomic mass is 19.1. The molecule has 2 aromatic carbocycles. The molecule has 1 spiro atoms. The average Bonchev–Trinajstić information content (AvgIpc) is 3.55. The molecule has 0 aromatic heterocycles. The molecule has 1 atom stereocenters. The molecule has 5 nitrogen and oxygen atoms in total. The summed E-state index contributed by atoms with van der Waals surface area (Å²) in [6, 6.07) is 16.1. The van der Waals surface area contributed by atoms with Crippen molar-refractivity contribution in [2.45, 2.75) is 55.6 Å². The van der Waals surface area contributed by atoms with E-state index in [1.54, 1.807) is 12.1 Å². The lowest BCUT2D eigenvalue weighted by atomic mass is 9.87. The molecule has 0 bridgehead atoms. The summed E-state index contributed by atoms with van der Waals surface area (Å²) in [6.07, 6.45) is 5.21. The van der Waals surface area contributed by atoms with E-state index in [0.717, 1.165) is 44.1 Å². The molecule has 0 unspecified atom stereocenters. The Morgan fingerprint density at radius 2 is 1.66 bits per heavy atom. The first-order valence-corrected chi connectivity index (χ1v) is 11.6. The first-order chi connectivity index (χ1) is 15.5. The maximum Gasteiger partial charge on any atom is 0.254 e. The van der Waals surface area contributed by atoms with Crippen molar-refractivity contribution in [3.63, 3.8) is 0 Å². The Hall–Kier alpha value is -2.73. The monoisotopic (exact) mass is 436 g/mol. The van der Waals surface area contributed by atoms with Crippen molar-refractivity contribution in [2.75, 3.05) is 19.6 Å². The molecule has 2 aromatic rings. The predicted molar refractivity (Wildman–Crippen MR) is 119 cm³/mol. The molecule has 3 fully saturated rings. The maximum atomic E-state index is 13.8. The van der Waals surface area contributed by atoms with Crippen LogP contribution in [0.1, 0.15) is 54.4 Å². The second kappa shape index (κ2) is 8.32. The van der Waals surface area contributed by atoms with E-state index in [1.807, 2.05) is 23.1 Å². The summed E-state index contributed by atoms with van der Waals surface area (Å²) in [5.41, 5.74) is 0.655. The molecule has 1 N–H and O–H groups in total. The number of nitrogens with one attached hydrogen (secondary N) is 1. The fourth-order valence-corrected chi connectivity index (χ4v) is 5.28. The number of piperidine rings is 1. The summed E-state index contributed by atoms with van der Waals surface area (Å²) in [5, 5.41) is 2.81. The van der Waals surface area contributed by atoms with Crippen LogP contribution in [0.2, 0.25) is 0 Å². The van der Waals surface area contributed by atoms with Crippen molar-refractivity contribution < 1.29 is 18.7 Å². The van der Waals surface area contributed by atoms with Gasteiger partial charge in [0.25, 0.3) is 5.91 Å². The van der Waals surface area contributed by atoms with Gasteiger partial charge in [0.1, 0.15) is 5.82 Å². The van der Waals surface area contributed by atoms with Crippen LogP contribution >= 0.6 is 0 Å². The number of likely N-dealkylation sites (tertiary alicyclic amines) is 1. The van der Waals surface area contributed by atoms with Crippen molar-refractivity contribution in [2.24, 2.45) is 0 Å². The highest BCUT2D eigenvalue weighted by Crippen LogP contribution is 2.50. The lowest BCUT2D eigenvalue weighted by molar-refractivity contribution is -0.140. The molecule has 0 radical (unpaired) electrons. The third kappa shape index (κ3) is 3.92.